The molecule has 0 aliphatic heterocycles. The minimum Gasteiger partial charge on any atom is -0.212 e. The summed E-state index contributed by atoms with van der Waals surface area (Å²) in [6.07, 6.45) is 1.37. The maximum atomic E-state index is 11.2. The lowest BCUT2D eigenvalue weighted by atomic mass is 10.2. The maximum absolute atomic E-state index is 11.2. The SMILES string of the molecule is C=CCS(=O)(=O)NCc1ccccc1. The average molecular weight is 211 g/mol. The molecule has 0 fully saturated rings. The predicted molar refractivity (Wildman–Crippen MR) is 57.3 cm³/mol. The Kier molecular flexibility index (Phi) is 3.85. The predicted octanol–water partition coefficient (Wildman–Crippen LogP) is 1.29. The van der Waals surface area contributed by atoms with Crippen molar-refractivity contribution in [1.29, 1.82) is 0 Å². The van der Waals surface area contributed by atoms with Crippen molar-refractivity contribution in [1.82, 2.24) is 4.72 Å². The van der Waals surface area contributed by atoms with Gasteiger partial charge in [-0.3, -0.25) is 0 Å². The molecule has 0 aliphatic rings. The molecule has 0 heterocycles. The van der Waals surface area contributed by atoms with Gasteiger partial charge in [-0.1, -0.05) is 36.4 Å². The fourth-order valence-corrected chi connectivity index (χ4v) is 1.82. The van der Waals surface area contributed by atoms with E-state index in [0.717, 1.165) is 5.56 Å². The molecule has 0 saturated heterocycles. The van der Waals surface area contributed by atoms with Gasteiger partial charge in [0.2, 0.25) is 10.0 Å². The van der Waals surface area contributed by atoms with Crippen LogP contribution in [0.3, 0.4) is 0 Å². The zero-order chi connectivity index (χ0) is 10.4. The highest BCUT2D eigenvalue weighted by Gasteiger charge is 2.05. The van der Waals surface area contributed by atoms with Gasteiger partial charge in [0.05, 0.1) is 5.75 Å². The van der Waals surface area contributed by atoms with Crippen molar-refractivity contribution < 1.29 is 8.42 Å². The largest absolute Gasteiger partial charge is 0.215 e. The summed E-state index contributed by atoms with van der Waals surface area (Å²) in [6.45, 7) is 3.71. The van der Waals surface area contributed by atoms with Gasteiger partial charge in [-0.2, -0.15) is 0 Å². The minimum absolute atomic E-state index is 0.0418. The summed E-state index contributed by atoms with van der Waals surface area (Å²) < 4.78 is 24.9. The van der Waals surface area contributed by atoms with Gasteiger partial charge in [-0.05, 0) is 5.56 Å². The fraction of sp³-hybridized carbons (Fsp3) is 0.200. The molecule has 0 aromatic heterocycles. The van der Waals surface area contributed by atoms with Gasteiger partial charge >= 0.3 is 0 Å². The molecule has 0 saturated carbocycles. The molecule has 1 N–H and O–H groups in total. The number of sulfonamides is 1. The molecule has 3 nitrogen and oxygen atoms in total. The van der Waals surface area contributed by atoms with E-state index in [1.807, 2.05) is 30.3 Å². The van der Waals surface area contributed by atoms with Crippen LogP contribution in [0.4, 0.5) is 0 Å². The van der Waals surface area contributed by atoms with Crippen LogP contribution in [0.1, 0.15) is 5.56 Å². The van der Waals surface area contributed by atoms with Gasteiger partial charge in [0.1, 0.15) is 0 Å². The second kappa shape index (κ2) is 4.93. The van der Waals surface area contributed by atoms with E-state index in [9.17, 15) is 8.42 Å². The van der Waals surface area contributed by atoms with E-state index in [1.165, 1.54) is 6.08 Å². The normalized spacial score (nSPS) is 11.1. The Balaban J connectivity index is 2.53. The number of benzene rings is 1. The van der Waals surface area contributed by atoms with E-state index in [2.05, 4.69) is 11.3 Å². The summed E-state index contributed by atoms with van der Waals surface area (Å²) in [7, 11) is -3.20. The van der Waals surface area contributed by atoms with E-state index in [4.69, 9.17) is 0 Å². The van der Waals surface area contributed by atoms with Crippen molar-refractivity contribution in [2.24, 2.45) is 0 Å². The first kappa shape index (κ1) is 10.9. The molecule has 14 heavy (non-hydrogen) atoms. The lowest BCUT2D eigenvalue weighted by Crippen LogP contribution is -2.24. The third kappa shape index (κ3) is 3.72. The standard InChI is InChI=1S/C10H13NO2S/c1-2-8-14(12,13)11-9-10-6-4-3-5-7-10/h2-7,11H,1,8-9H2. The number of rotatable bonds is 5. The van der Waals surface area contributed by atoms with Gasteiger partial charge in [0.25, 0.3) is 0 Å². The first-order chi connectivity index (χ1) is 6.64. The van der Waals surface area contributed by atoms with E-state index in [1.54, 1.807) is 0 Å². The Morgan fingerprint density at radius 3 is 2.50 bits per heavy atom. The van der Waals surface area contributed by atoms with Gasteiger partial charge < -0.3 is 0 Å². The Bertz CT molecular complexity index is 384. The van der Waals surface area contributed by atoms with Crippen LogP contribution < -0.4 is 4.72 Å². The van der Waals surface area contributed by atoms with Crippen molar-refractivity contribution in [3.63, 3.8) is 0 Å². The quantitative estimate of drug-likeness (QED) is 0.746. The zero-order valence-corrected chi connectivity index (χ0v) is 8.63. The Hall–Kier alpha value is -1.13. The monoisotopic (exact) mass is 211 g/mol. The van der Waals surface area contributed by atoms with Crippen molar-refractivity contribution in [3.8, 4) is 0 Å². The molecule has 1 aromatic rings. The van der Waals surface area contributed by atoms with E-state index >= 15 is 0 Å². The van der Waals surface area contributed by atoms with Crippen molar-refractivity contribution >= 4 is 10.0 Å². The molecule has 1 aromatic carbocycles. The number of hydrogen-bond donors (Lipinski definition) is 1. The van der Waals surface area contributed by atoms with Crippen molar-refractivity contribution in [3.05, 3.63) is 48.6 Å². The smallest absolute Gasteiger partial charge is 0.212 e. The summed E-state index contributed by atoms with van der Waals surface area (Å²) in [5.74, 6) is -0.0418. The molecule has 0 aliphatic carbocycles. The lowest BCUT2D eigenvalue weighted by molar-refractivity contribution is 0.584. The first-order valence-electron chi connectivity index (χ1n) is 4.26. The Morgan fingerprint density at radius 2 is 1.93 bits per heavy atom. The highest BCUT2D eigenvalue weighted by molar-refractivity contribution is 7.89. The van der Waals surface area contributed by atoms with E-state index < -0.39 is 10.0 Å². The van der Waals surface area contributed by atoms with Crippen LogP contribution in [0.15, 0.2) is 43.0 Å². The van der Waals surface area contributed by atoms with Crippen molar-refractivity contribution in [2.75, 3.05) is 5.75 Å². The van der Waals surface area contributed by atoms with Crippen LogP contribution >= 0.6 is 0 Å². The van der Waals surface area contributed by atoms with Crippen molar-refractivity contribution in [2.45, 2.75) is 6.54 Å². The van der Waals surface area contributed by atoms with Crippen LogP contribution in [-0.2, 0) is 16.6 Å². The van der Waals surface area contributed by atoms with Crippen LogP contribution in [0.5, 0.6) is 0 Å². The zero-order valence-electron chi connectivity index (χ0n) is 7.81. The molecule has 4 heteroatoms. The summed E-state index contributed by atoms with van der Waals surface area (Å²) >= 11 is 0. The summed E-state index contributed by atoms with van der Waals surface area (Å²) in [6, 6.07) is 9.38. The number of hydrogen-bond acceptors (Lipinski definition) is 2. The topological polar surface area (TPSA) is 46.2 Å². The fourth-order valence-electron chi connectivity index (χ4n) is 1.00. The molecule has 0 bridgehead atoms. The van der Waals surface area contributed by atoms with Crippen LogP contribution in [-0.4, -0.2) is 14.2 Å². The third-order valence-corrected chi connectivity index (χ3v) is 2.93. The third-order valence-electron chi connectivity index (χ3n) is 1.68. The molecule has 0 spiro atoms. The maximum Gasteiger partial charge on any atom is 0.215 e. The molecule has 76 valence electrons. The van der Waals surface area contributed by atoms with Gasteiger partial charge in [-0.25, -0.2) is 13.1 Å². The molecule has 1 rings (SSSR count). The summed E-state index contributed by atoms with van der Waals surface area (Å²) in [5, 5.41) is 0. The summed E-state index contributed by atoms with van der Waals surface area (Å²) in [5.41, 5.74) is 0.945. The minimum atomic E-state index is -3.20. The molecule has 0 unspecified atom stereocenters. The van der Waals surface area contributed by atoms with E-state index in [0.29, 0.717) is 6.54 Å². The second-order valence-corrected chi connectivity index (χ2v) is 4.73. The molecule has 0 atom stereocenters. The molecular weight excluding hydrogens is 198 g/mol. The Morgan fingerprint density at radius 1 is 1.29 bits per heavy atom. The van der Waals surface area contributed by atoms with Gasteiger partial charge in [0, 0.05) is 6.54 Å². The van der Waals surface area contributed by atoms with E-state index in [-0.39, 0.29) is 5.75 Å². The Labute approximate surface area is 84.5 Å². The molecular formula is C10H13NO2S. The summed E-state index contributed by atoms with van der Waals surface area (Å²) in [4.78, 5) is 0. The highest BCUT2D eigenvalue weighted by atomic mass is 32.2. The van der Waals surface area contributed by atoms with Crippen LogP contribution in [0, 0.1) is 0 Å². The second-order valence-electron chi connectivity index (χ2n) is 2.88. The van der Waals surface area contributed by atoms with Crippen LogP contribution in [0.2, 0.25) is 0 Å². The number of nitrogens with one attached hydrogen (secondary N) is 1. The molecule has 0 radical (unpaired) electrons. The average Bonchev–Trinajstić information content (AvgIpc) is 2.17. The highest BCUT2D eigenvalue weighted by Crippen LogP contribution is 1.98. The first-order valence-corrected chi connectivity index (χ1v) is 5.91. The van der Waals surface area contributed by atoms with Gasteiger partial charge in [-0.15, -0.1) is 6.58 Å². The molecule has 0 amide bonds. The lowest BCUT2D eigenvalue weighted by Gasteiger charge is -2.03. The van der Waals surface area contributed by atoms with Gasteiger partial charge in [0.15, 0.2) is 0 Å². The van der Waals surface area contributed by atoms with Crippen LogP contribution in [0.25, 0.3) is 0 Å².